The smallest absolute Gasteiger partial charge is 0.239 e. The fourth-order valence-electron chi connectivity index (χ4n) is 2.38. The molecule has 0 radical (unpaired) electrons. The van der Waals surface area contributed by atoms with E-state index in [0.717, 1.165) is 5.56 Å². The van der Waals surface area contributed by atoms with Crippen molar-refractivity contribution in [1.29, 1.82) is 0 Å². The quantitative estimate of drug-likeness (QED) is 0.805. The molecule has 2 unspecified atom stereocenters. The van der Waals surface area contributed by atoms with Crippen molar-refractivity contribution in [2.24, 2.45) is 5.73 Å². The highest BCUT2D eigenvalue weighted by molar-refractivity contribution is 5.85. The van der Waals surface area contributed by atoms with E-state index in [-0.39, 0.29) is 30.7 Å². The Kier molecular flexibility index (Phi) is 8.40. The summed E-state index contributed by atoms with van der Waals surface area (Å²) in [5, 5.41) is 2.82. The van der Waals surface area contributed by atoms with Crippen molar-refractivity contribution < 1.29 is 13.9 Å². The number of benzene rings is 2. The monoisotopic (exact) mass is 352 g/mol. The molecule has 6 heteroatoms. The van der Waals surface area contributed by atoms with Gasteiger partial charge in [0.1, 0.15) is 11.9 Å². The average molecular weight is 353 g/mol. The average Bonchev–Trinajstić information content (AvgIpc) is 2.56. The van der Waals surface area contributed by atoms with E-state index in [9.17, 15) is 9.18 Å². The molecular formula is C18H22ClFN2O2. The molecule has 3 N–H and O–H groups in total. The number of rotatable bonds is 7. The number of carbonyl (C=O) groups excluding carboxylic acids is 1. The Labute approximate surface area is 147 Å². The molecule has 2 aromatic rings. The highest BCUT2D eigenvalue weighted by Crippen LogP contribution is 2.21. The lowest BCUT2D eigenvalue weighted by atomic mass is 9.98. The summed E-state index contributed by atoms with van der Waals surface area (Å²) in [4.78, 5) is 12.2. The van der Waals surface area contributed by atoms with Crippen molar-refractivity contribution in [3.8, 4) is 0 Å². The minimum absolute atomic E-state index is 0. The Morgan fingerprint density at radius 2 is 1.79 bits per heavy atom. The van der Waals surface area contributed by atoms with Crippen LogP contribution >= 0.6 is 12.4 Å². The molecular weight excluding hydrogens is 331 g/mol. The number of halogens is 2. The van der Waals surface area contributed by atoms with Crippen LogP contribution in [0, 0.1) is 5.82 Å². The minimum Gasteiger partial charge on any atom is -0.383 e. The highest BCUT2D eigenvalue weighted by Gasteiger charge is 2.21. The van der Waals surface area contributed by atoms with Crippen molar-refractivity contribution in [3.63, 3.8) is 0 Å². The zero-order valence-corrected chi connectivity index (χ0v) is 14.3. The minimum atomic E-state index is -0.787. The first-order chi connectivity index (χ1) is 11.1. The maximum Gasteiger partial charge on any atom is 0.239 e. The van der Waals surface area contributed by atoms with Crippen LogP contribution in [0.25, 0.3) is 0 Å². The molecule has 24 heavy (non-hydrogen) atoms. The van der Waals surface area contributed by atoms with Gasteiger partial charge in [0.2, 0.25) is 5.91 Å². The van der Waals surface area contributed by atoms with Crippen molar-refractivity contribution in [2.75, 3.05) is 13.7 Å². The van der Waals surface area contributed by atoms with Gasteiger partial charge in [-0.2, -0.15) is 0 Å². The number of nitrogens with one attached hydrogen (secondary N) is 1. The van der Waals surface area contributed by atoms with Gasteiger partial charge >= 0.3 is 0 Å². The lowest BCUT2D eigenvalue weighted by molar-refractivity contribution is -0.124. The molecule has 0 heterocycles. The second kappa shape index (κ2) is 10.0. The van der Waals surface area contributed by atoms with Crippen LogP contribution in [0.3, 0.4) is 0 Å². The van der Waals surface area contributed by atoms with E-state index in [1.165, 1.54) is 13.2 Å². The number of methoxy groups -OCH3 is 1. The number of hydrogen-bond donors (Lipinski definition) is 2. The molecule has 4 nitrogen and oxygen atoms in total. The van der Waals surface area contributed by atoms with Gasteiger partial charge in [0.15, 0.2) is 0 Å². The van der Waals surface area contributed by atoms with Crippen LogP contribution in [0.15, 0.2) is 54.6 Å². The van der Waals surface area contributed by atoms with Gasteiger partial charge in [-0.3, -0.25) is 4.79 Å². The van der Waals surface area contributed by atoms with Crippen LogP contribution in [0.5, 0.6) is 0 Å². The summed E-state index contributed by atoms with van der Waals surface area (Å²) in [6, 6.07) is 14.8. The molecule has 0 saturated carbocycles. The third kappa shape index (κ3) is 5.60. The maximum absolute atomic E-state index is 14.1. The number of ether oxygens (including phenoxy) is 1. The number of hydrogen-bond acceptors (Lipinski definition) is 3. The third-order valence-electron chi connectivity index (χ3n) is 3.56. The van der Waals surface area contributed by atoms with E-state index >= 15 is 0 Å². The Bertz CT molecular complexity index is 640. The molecule has 0 aromatic heterocycles. The second-order valence-corrected chi connectivity index (χ2v) is 5.33. The summed E-state index contributed by atoms with van der Waals surface area (Å²) >= 11 is 0. The Morgan fingerprint density at radius 3 is 2.42 bits per heavy atom. The van der Waals surface area contributed by atoms with Crippen molar-refractivity contribution in [3.05, 3.63) is 71.5 Å². The number of nitrogens with two attached hydrogens (primary N) is 1. The first-order valence-corrected chi connectivity index (χ1v) is 7.45. The molecule has 0 fully saturated rings. The summed E-state index contributed by atoms with van der Waals surface area (Å²) in [5.74, 6) is -0.718. The van der Waals surface area contributed by atoms with Crippen molar-refractivity contribution in [2.45, 2.75) is 18.5 Å². The molecule has 2 rings (SSSR count). The van der Waals surface area contributed by atoms with E-state index in [0.29, 0.717) is 12.0 Å². The van der Waals surface area contributed by atoms with E-state index in [2.05, 4.69) is 5.32 Å². The van der Waals surface area contributed by atoms with Gasteiger partial charge in [-0.25, -0.2) is 4.39 Å². The van der Waals surface area contributed by atoms with Gasteiger partial charge in [-0.1, -0.05) is 48.5 Å². The normalized spacial score (nSPS) is 12.8. The van der Waals surface area contributed by atoms with Gasteiger partial charge < -0.3 is 15.8 Å². The Balaban J connectivity index is 0.00000288. The first kappa shape index (κ1) is 20.1. The predicted octanol–water partition coefficient (Wildman–Crippen LogP) is 2.62. The van der Waals surface area contributed by atoms with Gasteiger partial charge in [-0.15, -0.1) is 12.4 Å². The summed E-state index contributed by atoms with van der Waals surface area (Å²) in [6.45, 7) is 0.112. The molecule has 1 amide bonds. The van der Waals surface area contributed by atoms with Crippen LogP contribution in [0.2, 0.25) is 0 Å². The van der Waals surface area contributed by atoms with Crippen LogP contribution in [0.4, 0.5) is 4.39 Å². The van der Waals surface area contributed by atoms with Gasteiger partial charge in [-0.05, 0) is 18.1 Å². The van der Waals surface area contributed by atoms with Crippen LogP contribution in [0.1, 0.15) is 17.2 Å². The SMILES string of the molecule is COCC(N)C(=O)NC(Cc1ccccc1)c1ccccc1F.Cl. The standard InChI is InChI=1S/C18H21FN2O2.ClH/c1-23-12-16(20)18(22)21-17(11-13-7-3-2-4-8-13)14-9-5-6-10-15(14)19;/h2-10,16-17H,11-12,20H2,1H3,(H,21,22);1H. The van der Waals surface area contributed by atoms with E-state index < -0.39 is 12.1 Å². The van der Waals surface area contributed by atoms with Crippen LogP contribution < -0.4 is 11.1 Å². The Hall–Kier alpha value is -1.95. The topological polar surface area (TPSA) is 64.3 Å². The summed E-state index contributed by atoms with van der Waals surface area (Å²) < 4.78 is 19.0. The lowest BCUT2D eigenvalue weighted by Crippen LogP contribution is -2.45. The summed E-state index contributed by atoms with van der Waals surface area (Å²) in [5.41, 5.74) is 7.20. The molecule has 2 atom stereocenters. The van der Waals surface area contributed by atoms with Gasteiger partial charge in [0.25, 0.3) is 0 Å². The van der Waals surface area contributed by atoms with Crippen molar-refractivity contribution >= 4 is 18.3 Å². The van der Waals surface area contributed by atoms with Gasteiger partial charge in [0, 0.05) is 12.7 Å². The third-order valence-corrected chi connectivity index (χ3v) is 3.56. The molecule has 0 saturated heterocycles. The Morgan fingerprint density at radius 1 is 1.17 bits per heavy atom. The fourth-order valence-corrected chi connectivity index (χ4v) is 2.38. The van der Waals surface area contributed by atoms with E-state index in [4.69, 9.17) is 10.5 Å². The maximum atomic E-state index is 14.1. The molecule has 0 spiro atoms. The summed E-state index contributed by atoms with van der Waals surface area (Å²) in [6.07, 6.45) is 0.479. The lowest BCUT2D eigenvalue weighted by Gasteiger charge is -2.22. The second-order valence-electron chi connectivity index (χ2n) is 5.33. The predicted molar refractivity (Wildman–Crippen MR) is 94.5 cm³/mol. The molecule has 2 aromatic carbocycles. The fraction of sp³-hybridized carbons (Fsp3) is 0.278. The number of amides is 1. The number of carbonyl (C=O) groups is 1. The summed E-state index contributed by atoms with van der Waals surface area (Å²) in [7, 11) is 1.48. The molecule has 0 aliphatic heterocycles. The van der Waals surface area contributed by atoms with E-state index in [1.807, 2.05) is 30.3 Å². The van der Waals surface area contributed by atoms with Gasteiger partial charge in [0.05, 0.1) is 12.6 Å². The molecule has 0 aliphatic rings. The molecule has 0 aliphatic carbocycles. The zero-order valence-electron chi connectivity index (χ0n) is 13.4. The van der Waals surface area contributed by atoms with E-state index in [1.54, 1.807) is 18.2 Å². The van der Waals surface area contributed by atoms with Crippen LogP contribution in [-0.2, 0) is 16.0 Å². The van der Waals surface area contributed by atoms with Crippen molar-refractivity contribution in [1.82, 2.24) is 5.32 Å². The zero-order chi connectivity index (χ0) is 16.7. The largest absolute Gasteiger partial charge is 0.383 e. The molecule has 0 bridgehead atoms. The molecule has 130 valence electrons. The highest BCUT2D eigenvalue weighted by atomic mass is 35.5. The van der Waals surface area contributed by atoms with Crippen LogP contribution in [-0.4, -0.2) is 25.7 Å². The first-order valence-electron chi connectivity index (χ1n) is 7.45.